The topological polar surface area (TPSA) is 34.1 Å². The third-order valence-corrected chi connectivity index (χ3v) is 4.25. The molecule has 1 heterocycles. The first-order chi connectivity index (χ1) is 8.57. The van der Waals surface area contributed by atoms with Crippen LogP contribution in [0.1, 0.15) is 37.3 Å². The molecule has 0 radical (unpaired) electrons. The number of nitrogens with one attached hydrogen (secondary N) is 1. The van der Waals surface area contributed by atoms with Crippen molar-refractivity contribution >= 4 is 11.3 Å². The fourth-order valence-corrected chi connectivity index (χ4v) is 2.60. The molecular weight excluding hydrogens is 244 g/mol. The Balaban J connectivity index is 1.60. The third-order valence-electron chi connectivity index (χ3n) is 3.26. The maximum absolute atomic E-state index is 5.82. The number of rotatable bonds is 8. The Labute approximate surface area is 114 Å². The summed E-state index contributed by atoms with van der Waals surface area (Å²) in [4.78, 5) is 5.60. The fraction of sp³-hybridized carbons (Fsp3) is 0.786. The molecule has 1 N–H and O–H groups in total. The molecule has 1 fully saturated rings. The molecular formula is C14H24N2OS. The molecule has 1 aliphatic carbocycles. The van der Waals surface area contributed by atoms with Crippen molar-refractivity contribution in [3.8, 4) is 0 Å². The van der Waals surface area contributed by atoms with Gasteiger partial charge in [0.05, 0.1) is 24.4 Å². The number of hydrogen-bond acceptors (Lipinski definition) is 4. The van der Waals surface area contributed by atoms with Crippen molar-refractivity contribution < 1.29 is 4.74 Å². The van der Waals surface area contributed by atoms with Crippen LogP contribution in [0.3, 0.4) is 0 Å². The second kappa shape index (κ2) is 6.13. The van der Waals surface area contributed by atoms with Crippen molar-refractivity contribution in [2.75, 3.05) is 19.8 Å². The van der Waals surface area contributed by atoms with Crippen LogP contribution in [-0.4, -0.2) is 30.8 Å². The smallest absolute Gasteiger partial charge is 0.0797 e. The molecule has 1 aliphatic rings. The Kier molecular flexibility index (Phi) is 4.76. The van der Waals surface area contributed by atoms with E-state index >= 15 is 0 Å². The Morgan fingerprint density at radius 1 is 1.50 bits per heavy atom. The predicted molar refractivity (Wildman–Crippen MR) is 76.2 cm³/mol. The van der Waals surface area contributed by atoms with E-state index in [0.29, 0.717) is 0 Å². The lowest BCUT2D eigenvalue weighted by molar-refractivity contribution is 0.0640. The highest BCUT2D eigenvalue weighted by atomic mass is 32.1. The lowest BCUT2D eigenvalue weighted by atomic mass is 9.95. The van der Waals surface area contributed by atoms with Crippen LogP contribution in [0.4, 0.5) is 0 Å². The van der Waals surface area contributed by atoms with Crippen LogP contribution in [0.25, 0.3) is 0 Å². The van der Waals surface area contributed by atoms with Gasteiger partial charge in [0.1, 0.15) is 0 Å². The van der Waals surface area contributed by atoms with E-state index in [-0.39, 0.29) is 5.41 Å². The summed E-state index contributed by atoms with van der Waals surface area (Å²) in [6, 6.07) is 0.782. The maximum Gasteiger partial charge on any atom is 0.0797 e. The first kappa shape index (κ1) is 14.0. The van der Waals surface area contributed by atoms with Crippen LogP contribution in [0.5, 0.6) is 0 Å². The van der Waals surface area contributed by atoms with E-state index in [0.717, 1.165) is 37.9 Å². The minimum Gasteiger partial charge on any atom is -0.380 e. The first-order valence-corrected chi connectivity index (χ1v) is 7.65. The Bertz CT molecular complexity index is 372. The van der Waals surface area contributed by atoms with Crippen molar-refractivity contribution in [2.45, 2.75) is 46.1 Å². The number of nitrogens with zero attached hydrogens (tertiary/aromatic N) is 1. The zero-order valence-corrected chi connectivity index (χ0v) is 12.5. The summed E-state index contributed by atoms with van der Waals surface area (Å²) in [5.74, 6) is 0. The zero-order valence-electron chi connectivity index (χ0n) is 11.7. The number of aryl methyl sites for hydroxylation is 1. The Hall–Kier alpha value is -0.450. The van der Waals surface area contributed by atoms with Gasteiger partial charge in [-0.15, -0.1) is 11.3 Å². The van der Waals surface area contributed by atoms with Gasteiger partial charge in [0.25, 0.3) is 0 Å². The van der Waals surface area contributed by atoms with Crippen molar-refractivity contribution in [1.82, 2.24) is 10.3 Å². The van der Waals surface area contributed by atoms with Crippen molar-refractivity contribution in [1.29, 1.82) is 0 Å². The highest BCUT2D eigenvalue weighted by molar-refractivity contribution is 7.09. The van der Waals surface area contributed by atoms with Gasteiger partial charge in [-0.2, -0.15) is 0 Å². The van der Waals surface area contributed by atoms with Gasteiger partial charge in [-0.1, -0.05) is 13.8 Å². The highest BCUT2D eigenvalue weighted by Gasteiger charge is 2.25. The summed E-state index contributed by atoms with van der Waals surface area (Å²) < 4.78 is 5.82. The summed E-state index contributed by atoms with van der Waals surface area (Å²) >= 11 is 1.73. The molecule has 1 aromatic rings. The molecule has 2 rings (SSSR count). The van der Waals surface area contributed by atoms with Crippen molar-refractivity contribution in [2.24, 2.45) is 5.41 Å². The summed E-state index contributed by atoms with van der Waals surface area (Å²) in [7, 11) is 0. The summed E-state index contributed by atoms with van der Waals surface area (Å²) in [6.07, 6.45) is 3.69. The van der Waals surface area contributed by atoms with Gasteiger partial charge in [-0.05, 0) is 19.8 Å². The number of aromatic nitrogens is 1. The fourth-order valence-electron chi connectivity index (χ4n) is 1.84. The third kappa shape index (κ3) is 4.67. The summed E-state index contributed by atoms with van der Waals surface area (Å²) in [6.45, 7) is 9.27. The second-order valence-electron chi connectivity index (χ2n) is 5.98. The van der Waals surface area contributed by atoms with E-state index in [1.165, 1.54) is 17.7 Å². The van der Waals surface area contributed by atoms with Gasteiger partial charge in [-0.3, -0.25) is 0 Å². The van der Waals surface area contributed by atoms with E-state index < -0.39 is 0 Å². The highest BCUT2D eigenvalue weighted by Crippen LogP contribution is 2.22. The molecule has 1 aromatic heterocycles. The quantitative estimate of drug-likeness (QED) is 0.736. The van der Waals surface area contributed by atoms with Gasteiger partial charge in [0.15, 0.2) is 0 Å². The van der Waals surface area contributed by atoms with E-state index in [2.05, 4.69) is 31.1 Å². The normalized spacial score (nSPS) is 16.2. The molecule has 0 amide bonds. The molecule has 0 saturated heterocycles. The molecule has 3 nitrogen and oxygen atoms in total. The van der Waals surface area contributed by atoms with E-state index in [1.54, 1.807) is 11.3 Å². The lowest BCUT2D eigenvalue weighted by Crippen LogP contribution is -2.34. The summed E-state index contributed by atoms with van der Waals surface area (Å²) in [5, 5.41) is 3.57. The van der Waals surface area contributed by atoms with Gasteiger partial charge in [0.2, 0.25) is 0 Å². The van der Waals surface area contributed by atoms with Crippen LogP contribution in [0.15, 0.2) is 5.51 Å². The van der Waals surface area contributed by atoms with Crippen LogP contribution in [0.2, 0.25) is 0 Å². The standard InChI is InChI=1S/C14H24N2OS/c1-11-13(18-10-16-11)6-7-17-9-14(2,3)8-15-12-4-5-12/h10,12,15H,4-9H2,1-3H3. The van der Waals surface area contributed by atoms with E-state index in [4.69, 9.17) is 4.74 Å². The summed E-state index contributed by atoms with van der Waals surface area (Å²) in [5.41, 5.74) is 3.29. The zero-order chi connectivity index (χ0) is 13.0. The molecule has 4 heteroatoms. The van der Waals surface area contributed by atoms with Crippen molar-refractivity contribution in [3.63, 3.8) is 0 Å². The number of thiazole rings is 1. The van der Waals surface area contributed by atoms with Crippen LogP contribution < -0.4 is 5.32 Å². The molecule has 0 aromatic carbocycles. The molecule has 102 valence electrons. The number of hydrogen-bond donors (Lipinski definition) is 1. The monoisotopic (exact) mass is 268 g/mol. The molecule has 0 unspecified atom stereocenters. The van der Waals surface area contributed by atoms with Crippen LogP contribution in [0, 0.1) is 12.3 Å². The van der Waals surface area contributed by atoms with Gasteiger partial charge >= 0.3 is 0 Å². The molecule has 0 atom stereocenters. The Morgan fingerprint density at radius 3 is 2.89 bits per heavy atom. The second-order valence-corrected chi connectivity index (χ2v) is 6.92. The largest absolute Gasteiger partial charge is 0.380 e. The molecule has 0 bridgehead atoms. The minimum atomic E-state index is 0.228. The van der Waals surface area contributed by atoms with E-state index in [9.17, 15) is 0 Å². The van der Waals surface area contributed by atoms with Gasteiger partial charge < -0.3 is 10.1 Å². The molecule has 18 heavy (non-hydrogen) atoms. The SMILES string of the molecule is Cc1ncsc1CCOCC(C)(C)CNC1CC1. The average molecular weight is 268 g/mol. The molecule has 1 saturated carbocycles. The van der Waals surface area contributed by atoms with Crippen molar-refractivity contribution in [3.05, 3.63) is 16.1 Å². The van der Waals surface area contributed by atoms with Crippen LogP contribution in [-0.2, 0) is 11.2 Å². The number of ether oxygens (including phenoxy) is 1. The van der Waals surface area contributed by atoms with Gasteiger partial charge in [0, 0.05) is 29.3 Å². The lowest BCUT2D eigenvalue weighted by Gasteiger charge is -2.24. The van der Waals surface area contributed by atoms with Crippen LogP contribution >= 0.6 is 11.3 Å². The van der Waals surface area contributed by atoms with E-state index in [1.807, 2.05) is 5.51 Å². The molecule has 0 spiro atoms. The van der Waals surface area contributed by atoms with Gasteiger partial charge in [-0.25, -0.2) is 4.98 Å². The minimum absolute atomic E-state index is 0.228. The Morgan fingerprint density at radius 2 is 2.28 bits per heavy atom. The molecule has 0 aliphatic heterocycles. The average Bonchev–Trinajstić information content (AvgIpc) is 3.06. The first-order valence-electron chi connectivity index (χ1n) is 6.77. The maximum atomic E-state index is 5.82. The predicted octanol–water partition coefficient (Wildman–Crippen LogP) is 2.79.